The standard InChI is InChI=1S/C17H14N2OS2/c1-20-13-6-4-12(5-7-13)11-19-14-8-10-22-17(14)16(18-19)15-3-2-9-21-15/h2-10H,11H2,1H3. The van der Waals surface area contributed by atoms with Gasteiger partial charge in [-0.1, -0.05) is 18.2 Å². The molecule has 0 aliphatic rings. The van der Waals surface area contributed by atoms with Crippen LogP contribution in [0.15, 0.2) is 53.2 Å². The molecule has 5 heteroatoms. The highest BCUT2D eigenvalue weighted by Crippen LogP contribution is 2.34. The Labute approximate surface area is 136 Å². The van der Waals surface area contributed by atoms with Crippen LogP contribution in [0.1, 0.15) is 5.56 Å². The number of methoxy groups -OCH3 is 1. The Bertz CT molecular complexity index is 889. The van der Waals surface area contributed by atoms with Gasteiger partial charge in [-0.15, -0.1) is 22.7 Å². The van der Waals surface area contributed by atoms with Crippen molar-refractivity contribution in [2.75, 3.05) is 7.11 Å². The van der Waals surface area contributed by atoms with E-state index in [9.17, 15) is 0 Å². The van der Waals surface area contributed by atoms with E-state index in [1.807, 2.05) is 12.1 Å². The molecule has 3 nitrogen and oxygen atoms in total. The van der Waals surface area contributed by atoms with E-state index in [2.05, 4.69) is 45.8 Å². The Balaban J connectivity index is 1.74. The minimum atomic E-state index is 0.766. The third kappa shape index (κ3) is 2.32. The van der Waals surface area contributed by atoms with Gasteiger partial charge in [-0.2, -0.15) is 5.10 Å². The fourth-order valence-electron chi connectivity index (χ4n) is 2.50. The average Bonchev–Trinajstić information content (AvgIpc) is 3.26. The van der Waals surface area contributed by atoms with Crippen LogP contribution in [-0.4, -0.2) is 16.9 Å². The first kappa shape index (κ1) is 13.5. The molecule has 0 amide bonds. The normalized spacial score (nSPS) is 11.1. The van der Waals surface area contributed by atoms with Crippen LogP contribution in [0.4, 0.5) is 0 Å². The molecular weight excluding hydrogens is 312 g/mol. The maximum absolute atomic E-state index is 5.21. The van der Waals surface area contributed by atoms with Gasteiger partial charge in [0.15, 0.2) is 0 Å². The quantitative estimate of drug-likeness (QED) is 0.534. The molecular formula is C17H14N2OS2. The molecule has 0 radical (unpaired) electrons. The van der Waals surface area contributed by atoms with Gasteiger partial charge in [0.1, 0.15) is 11.4 Å². The highest BCUT2D eigenvalue weighted by molar-refractivity contribution is 7.19. The molecule has 4 rings (SSSR count). The fraction of sp³-hybridized carbons (Fsp3) is 0.118. The molecule has 110 valence electrons. The number of hydrogen-bond donors (Lipinski definition) is 0. The van der Waals surface area contributed by atoms with Crippen molar-refractivity contribution < 1.29 is 4.74 Å². The van der Waals surface area contributed by atoms with Crippen molar-refractivity contribution >= 4 is 32.9 Å². The molecule has 3 heterocycles. The van der Waals surface area contributed by atoms with Gasteiger partial charge in [0.05, 0.1) is 28.7 Å². The van der Waals surface area contributed by atoms with Crippen LogP contribution in [0.2, 0.25) is 0 Å². The third-order valence-electron chi connectivity index (χ3n) is 3.60. The van der Waals surface area contributed by atoms with Gasteiger partial charge in [0.25, 0.3) is 0 Å². The van der Waals surface area contributed by atoms with E-state index < -0.39 is 0 Å². The molecule has 0 saturated carbocycles. The second-order valence-electron chi connectivity index (χ2n) is 4.97. The van der Waals surface area contributed by atoms with Crippen molar-refractivity contribution in [1.29, 1.82) is 0 Å². The van der Waals surface area contributed by atoms with Gasteiger partial charge in [-0.25, -0.2) is 0 Å². The molecule has 0 spiro atoms. The molecule has 0 bridgehead atoms. The summed E-state index contributed by atoms with van der Waals surface area (Å²) in [6.07, 6.45) is 0. The average molecular weight is 326 g/mol. The maximum atomic E-state index is 5.21. The van der Waals surface area contributed by atoms with Crippen molar-refractivity contribution in [2.24, 2.45) is 0 Å². The summed E-state index contributed by atoms with van der Waals surface area (Å²) in [6.45, 7) is 0.766. The minimum absolute atomic E-state index is 0.766. The van der Waals surface area contributed by atoms with Gasteiger partial charge in [-0.3, -0.25) is 4.68 Å². The van der Waals surface area contributed by atoms with Gasteiger partial charge in [0.2, 0.25) is 0 Å². The van der Waals surface area contributed by atoms with Crippen LogP contribution >= 0.6 is 22.7 Å². The number of thiophene rings is 2. The Kier molecular flexibility index (Phi) is 3.44. The van der Waals surface area contributed by atoms with E-state index in [0.717, 1.165) is 18.0 Å². The van der Waals surface area contributed by atoms with E-state index >= 15 is 0 Å². The molecule has 3 aromatic heterocycles. The third-order valence-corrected chi connectivity index (χ3v) is 5.39. The molecule has 0 aliphatic carbocycles. The van der Waals surface area contributed by atoms with Gasteiger partial charge in [0, 0.05) is 0 Å². The first-order valence-corrected chi connectivity index (χ1v) is 8.72. The summed E-state index contributed by atoms with van der Waals surface area (Å²) >= 11 is 3.49. The number of aromatic nitrogens is 2. The van der Waals surface area contributed by atoms with E-state index in [0.29, 0.717) is 0 Å². The second kappa shape index (κ2) is 5.59. The number of rotatable bonds is 4. The first-order chi connectivity index (χ1) is 10.8. The summed E-state index contributed by atoms with van der Waals surface area (Å²) < 4.78 is 8.56. The van der Waals surface area contributed by atoms with Gasteiger partial charge < -0.3 is 4.74 Å². The largest absolute Gasteiger partial charge is 0.497 e. The van der Waals surface area contributed by atoms with E-state index in [4.69, 9.17) is 9.84 Å². The second-order valence-corrected chi connectivity index (χ2v) is 6.83. The topological polar surface area (TPSA) is 27.1 Å². The molecule has 4 aromatic rings. The molecule has 0 atom stereocenters. The monoisotopic (exact) mass is 326 g/mol. The lowest BCUT2D eigenvalue weighted by Gasteiger charge is -2.04. The highest BCUT2D eigenvalue weighted by Gasteiger charge is 2.14. The number of fused-ring (bicyclic) bond motifs is 1. The first-order valence-electron chi connectivity index (χ1n) is 6.96. The Morgan fingerprint density at radius 1 is 1.05 bits per heavy atom. The smallest absolute Gasteiger partial charge is 0.120 e. The minimum Gasteiger partial charge on any atom is -0.497 e. The SMILES string of the molecule is COc1ccc(Cn2nc(-c3cccs3)c3sccc32)cc1. The van der Waals surface area contributed by atoms with E-state index in [-0.39, 0.29) is 0 Å². The van der Waals surface area contributed by atoms with Crippen LogP contribution in [0, 0.1) is 0 Å². The summed E-state index contributed by atoms with van der Waals surface area (Å²) in [7, 11) is 1.69. The molecule has 0 fully saturated rings. The molecule has 0 unspecified atom stereocenters. The van der Waals surface area contributed by atoms with Gasteiger partial charge >= 0.3 is 0 Å². The number of hydrogen-bond acceptors (Lipinski definition) is 4. The Hall–Kier alpha value is -2.11. The number of ether oxygens (including phenoxy) is 1. The highest BCUT2D eigenvalue weighted by atomic mass is 32.1. The zero-order valence-corrected chi connectivity index (χ0v) is 13.7. The predicted molar refractivity (Wildman–Crippen MR) is 93.0 cm³/mol. The van der Waals surface area contributed by atoms with E-state index in [1.165, 1.54) is 20.7 Å². The molecule has 0 aliphatic heterocycles. The lowest BCUT2D eigenvalue weighted by molar-refractivity contribution is 0.414. The molecule has 0 N–H and O–H groups in total. The van der Waals surface area contributed by atoms with Crippen molar-refractivity contribution in [3.63, 3.8) is 0 Å². The Morgan fingerprint density at radius 2 is 1.91 bits per heavy atom. The molecule has 22 heavy (non-hydrogen) atoms. The van der Waals surface area contributed by atoms with Gasteiger partial charge in [-0.05, 0) is 40.6 Å². The molecule has 1 aromatic carbocycles. The lowest BCUT2D eigenvalue weighted by atomic mass is 10.2. The maximum Gasteiger partial charge on any atom is 0.120 e. The zero-order chi connectivity index (χ0) is 14.9. The summed E-state index contributed by atoms with van der Waals surface area (Å²) in [5, 5.41) is 9.06. The number of benzene rings is 1. The zero-order valence-electron chi connectivity index (χ0n) is 12.0. The van der Waals surface area contributed by atoms with E-state index in [1.54, 1.807) is 29.8 Å². The molecule has 0 saturated heterocycles. The van der Waals surface area contributed by atoms with Crippen LogP contribution in [0.25, 0.3) is 20.8 Å². The van der Waals surface area contributed by atoms with Crippen molar-refractivity contribution in [3.8, 4) is 16.3 Å². The number of nitrogens with zero attached hydrogens (tertiary/aromatic N) is 2. The van der Waals surface area contributed by atoms with Crippen LogP contribution in [-0.2, 0) is 6.54 Å². The summed E-state index contributed by atoms with van der Waals surface area (Å²) in [6, 6.07) is 14.5. The van der Waals surface area contributed by atoms with Crippen LogP contribution in [0.3, 0.4) is 0 Å². The lowest BCUT2D eigenvalue weighted by Crippen LogP contribution is -2.01. The summed E-state index contributed by atoms with van der Waals surface area (Å²) in [5.74, 6) is 0.879. The Morgan fingerprint density at radius 3 is 2.64 bits per heavy atom. The predicted octanol–water partition coefficient (Wildman–Crippen LogP) is 4.88. The van der Waals surface area contributed by atoms with Crippen LogP contribution in [0.5, 0.6) is 5.75 Å². The van der Waals surface area contributed by atoms with Crippen molar-refractivity contribution in [3.05, 3.63) is 58.8 Å². The summed E-state index contributed by atoms with van der Waals surface area (Å²) in [4.78, 5) is 1.22. The van der Waals surface area contributed by atoms with Crippen molar-refractivity contribution in [1.82, 2.24) is 9.78 Å². The fourth-order valence-corrected chi connectivity index (χ4v) is 4.17. The van der Waals surface area contributed by atoms with Crippen molar-refractivity contribution in [2.45, 2.75) is 6.54 Å². The van der Waals surface area contributed by atoms with Crippen LogP contribution < -0.4 is 4.74 Å². The summed E-state index contributed by atoms with van der Waals surface area (Å²) in [5.41, 5.74) is 3.51.